The van der Waals surface area contributed by atoms with E-state index in [1.165, 1.54) is 0 Å². The van der Waals surface area contributed by atoms with Gasteiger partial charge in [-0.3, -0.25) is 0 Å². The van der Waals surface area contributed by atoms with Crippen LogP contribution in [-0.2, 0) is 0 Å². The molecule has 0 saturated heterocycles. The summed E-state index contributed by atoms with van der Waals surface area (Å²) in [6.07, 6.45) is 0. The second-order valence-corrected chi connectivity index (χ2v) is 5.08. The monoisotopic (exact) mass is 311 g/mol. The predicted molar refractivity (Wildman–Crippen MR) is 83.0 cm³/mol. The third-order valence-corrected chi connectivity index (χ3v) is 3.49. The average Bonchev–Trinajstić information content (AvgIpc) is 2.43. The number of benzene rings is 2. The summed E-state index contributed by atoms with van der Waals surface area (Å²) in [7, 11) is 0. The largest absolute Gasteiger partial charge is 0.488 e. The maximum atomic E-state index is 6.02. The number of anilines is 1. The van der Waals surface area contributed by atoms with Gasteiger partial charge in [0.25, 0.3) is 0 Å². The molecule has 0 amide bonds. The molecular formula is C15H15Cl2NO2. The highest BCUT2D eigenvalue weighted by Crippen LogP contribution is 2.31. The molecule has 0 spiro atoms. The van der Waals surface area contributed by atoms with E-state index in [2.05, 4.69) is 0 Å². The topological polar surface area (TPSA) is 44.5 Å². The van der Waals surface area contributed by atoms with Gasteiger partial charge in [0.1, 0.15) is 29.7 Å². The molecule has 0 bridgehead atoms. The summed E-state index contributed by atoms with van der Waals surface area (Å²) in [4.78, 5) is 0. The van der Waals surface area contributed by atoms with Crippen molar-refractivity contribution in [3.8, 4) is 11.5 Å². The lowest BCUT2D eigenvalue weighted by Crippen LogP contribution is -2.10. The van der Waals surface area contributed by atoms with Crippen molar-refractivity contribution in [3.63, 3.8) is 0 Å². The quantitative estimate of drug-likeness (QED) is 0.660. The molecule has 0 aromatic heterocycles. The molecule has 0 fully saturated rings. The van der Waals surface area contributed by atoms with E-state index in [4.69, 9.17) is 38.4 Å². The lowest BCUT2D eigenvalue weighted by atomic mass is 10.2. The fourth-order valence-corrected chi connectivity index (χ4v) is 2.01. The molecule has 5 heteroatoms. The van der Waals surface area contributed by atoms with E-state index in [1.54, 1.807) is 18.2 Å². The van der Waals surface area contributed by atoms with E-state index >= 15 is 0 Å². The first-order valence-corrected chi connectivity index (χ1v) is 6.89. The van der Waals surface area contributed by atoms with Crippen LogP contribution in [0.4, 0.5) is 5.69 Å². The first kappa shape index (κ1) is 14.8. The molecular weight excluding hydrogens is 297 g/mol. The summed E-state index contributed by atoms with van der Waals surface area (Å²) in [5.74, 6) is 1.20. The Hall–Kier alpha value is -1.58. The van der Waals surface area contributed by atoms with Crippen LogP contribution >= 0.6 is 23.2 Å². The van der Waals surface area contributed by atoms with Crippen molar-refractivity contribution in [2.45, 2.75) is 6.92 Å². The number of rotatable bonds is 5. The Kier molecular flexibility index (Phi) is 4.99. The summed E-state index contributed by atoms with van der Waals surface area (Å²) in [5.41, 5.74) is 7.52. The van der Waals surface area contributed by atoms with Crippen molar-refractivity contribution < 1.29 is 9.47 Å². The molecule has 0 heterocycles. The van der Waals surface area contributed by atoms with Gasteiger partial charge in [-0.15, -0.1) is 0 Å². The van der Waals surface area contributed by atoms with Gasteiger partial charge in [0, 0.05) is 0 Å². The highest BCUT2D eigenvalue weighted by Gasteiger charge is 2.05. The van der Waals surface area contributed by atoms with Crippen LogP contribution in [0.15, 0.2) is 36.4 Å². The van der Waals surface area contributed by atoms with E-state index in [9.17, 15) is 0 Å². The minimum Gasteiger partial charge on any atom is -0.488 e. The number of nitrogens with two attached hydrogens (primary N) is 1. The van der Waals surface area contributed by atoms with Crippen LogP contribution in [0.3, 0.4) is 0 Å². The zero-order chi connectivity index (χ0) is 14.5. The number of aryl methyl sites for hydroxylation is 1. The van der Waals surface area contributed by atoms with E-state index in [1.807, 2.05) is 25.1 Å². The first-order valence-electron chi connectivity index (χ1n) is 6.13. The maximum absolute atomic E-state index is 6.02. The molecule has 0 radical (unpaired) electrons. The zero-order valence-corrected chi connectivity index (χ0v) is 12.5. The van der Waals surface area contributed by atoms with Gasteiger partial charge in [-0.05, 0) is 36.8 Å². The average molecular weight is 312 g/mol. The highest BCUT2D eigenvalue weighted by atomic mass is 35.5. The molecule has 0 aliphatic rings. The van der Waals surface area contributed by atoms with Crippen LogP contribution in [0.1, 0.15) is 5.56 Å². The number of ether oxygens (including phenoxy) is 2. The number of hydrogen-bond donors (Lipinski definition) is 1. The summed E-state index contributed by atoms with van der Waals surface area (Å²) in [5, 5.41) is 0.872. The molecule has 2 aromatic carbocycles. The first-order chi connectivity index (χ1) is 9.58. The van der Waals surface area contributed by atoms with E-state index in [-0.39, 0.29) is 0 Å². The van der Waals surface area contributed by atoms with Gasteiger partial charge in [0.05, 0.1) is 10.7 Å². The van der Waals surface area contributed by atoms with Gasteiger partial charge in [-0.2, -0.15) is 0 Å². The van der Waals surface area contributed by atoms with Crippen LogP contribution < -0.4 is 15.2 Å². The van der Waals surface area contributed by atoms with Crippen LogP contribution in [0.25, 0.3) is 0 Å². The zero-order valence-electron chi connectivity index (χ0n) is 11.0. The number of nitrogen functional groups attached to an aromatic ring is 1. The smallest absolute Gasteiger partial charge is 0.142 e. The van der Waals surface area contributed by atoms with Crippen molar-refractivity contribution in [1.29, 1.82) is 0 Å². The SMILES string of the molecule is Cc1ccc(N)c(OCCOc2cccc(Cl)c2Cl)c1. The van der Waals surface area contributed by atoms with Gasteiger partial charge in [-0.1, -0.05) is 35.3 Å². The van der Waals surface area contributed by atoms with Crippen molar-refractivity contribution in [3.05, 3.63) is 52.0 Å². The van der Waals surface area contributed by atoms with Gasteiger partial charge in [0.15, 0.2) is 0 Å². The van der Waals surface area contributed by atoms with E-state index < -0.39 is 0 Å². The minimum atomic E-state index is 0.355. The molecule has 20 heavy (non-hydrogen) atoms. The standard InChI is InChI=1S/C15H15Cl2NO2/c1-10-5-6-12(18)14(9-10)20-8-7-19-13-4-2-3-11(16)15(13)17/h2-6,9H,7-8,18H2,1H3. The molecule has 0 unspecified atom stereocenters. The van der Waals surface area contributed by atoms with Crippen molar-refractivity contribution in [2.24, 2.45) is 0 Å². The van der Waals surface area contributed by atoms with Gasteiger partial charge >= 0.3 is 0 Å². The van der Waals surface area contributed by atoms with Crippen LogP contribution in [0.2, 0.25) is 10.0 Å². The van der Waals surface area contributed by atoms with Crippen molar-refractivity contribution >= 4 is 28.9 Å². The maximum Gasteiger partial charge on any atom is 0.142 e. The van der Waals surface area contributed by atoms with Crippen LogP contribution in [-0.4, -0.2) is 13.2 Å². The molecule has 0 saturated carbocycles. The summed E-state index contributed by atoms with van der Waals surface area (Å²) in [6.45, 7) is 2.71. The lowest BCUT2D eigenvalue weighted by molar-refractivity contribution is 0.218. The summed E-state index contributed by atoms with van der Waals surface area (Å²) < 4.78 is 11.1. The Labute approximate surface area is 128 Å². The molecule has 2 N–H and O–H groups in total. The molecule has 3 nitrogen and oxygen atoms in total. The second-order valence-electron chi connectivity index (χ2n) is 4.29. The Morgan fingerprint density at radius 2 is 1.70 bits per heavy atom. The van der Waals surface area contributed by atoms with Crippen molar-refractivity contribution in [2.75, 3.05) is 18.9 Å². The molecule has 0 aliphatic heterocycles. The minimum absolute atomic E-state index is 0.355. The summed E-state index contributed by atoms with van der Waals surface area (Å²) >= 11 is 11.9. The third kappa shape index (κ3) is 3.71. The van der Waals surface area contributed by atoms with Crippen LogP contribution in [0, 0.1) is 6.92 Å². The molecule has 2 aromatic rings. The Morgan fingerprint density at radius 1 is 1.00 bits per heavy atom. The highest BCUT2D eigenvalue weighted by molar-refractivity contribution is 6.42. The predicted octanol–water partition coefficient (Wildman–Crippen LogP) is 4.34. The fraction of sp³-hybridized carbons (Fsp3) is 0.200. The fourth-order valence-electron chi connectivity index (χ4n) is 1.67. The Balaban J connectivity index is 1.88. The molecule has 0 aliphatic carbocycles. The normalized spacial score (nSPS) is 10.3. The van der Waals surface area contributed by atoms with Gasteiger partial charge in [0.2, 0.25) is 0 Å². The Morgan fingerprint density at radius 3 is 2.45 bits per heavy atom. The van der Waals surface area contributed by atoms with E-state index in [0.717, 1.165) is 5.56 Å². The second kappa shape index (κ2) is 6.73. The number of hydrogen-bond acceptors (Lipinski definition) is 3. The third-order valence-electron chi connectivity index (χ3n) is 2.68. The molecule has 106 valence electrons. The molecule has 2 rings (SSSR count). The van der Waals surface area contributed by atoms with Gasteiger partial charge in [-0.25, -0.2) is 0 Å². The molecule has 0 atom stereocenters. The van der Waals surface area contributed by atoms with E-state index in [0.29, 0.717) is 40.4 Å². The lowest BCUT2D eigenvalue weighted by Gasteiger charge is -2.11. The van der Waals surface area contributed by atoms with Crippen LogP contribution in [0.5, 0.6) is 11.5 Å². The van der Waals surface area contributed by atoms with Crippen molar-refractivity contribution in [1.82, 2.24) is 0 Å². The summed E-state index contributed by atoms with van der Waals surface area (Å²) in [6, 6.07) is 10.9. The van der Waals surface area contributed by atoms with Gasteiger partial charge < -0.3 is 15.2 Å². The Bertz CT molecular complexity index is 598. The number of halogens is 2.